The molecule has 6 nitrogen and oxygen atoms in total. The Morgan fingerprint density at radius 1 is 1.57 bits per heavy atom. The fourth-order valence-electron chi connectivity index (χ4n) is 2.68. The van der Waals surface area contributed by atoms with Crippen LogP contribution in [0.2, 0.25) is 0 Å². The Hall–Kier alpha value is -0.890. The van der Waals surface area contributed by atoms with Crippen molar-refractivity contribution in [3.8, 4) is 0 Å². The van der Waals surface area contributed by atoms with Crippen molar-refractivity contribution in [2.24, 2.45) is 5.73 Å². The number of hydrogen-bond donors (Lipinski definition) is 2. The molecule has 1 aromatic heterocycles. The van der Waals surface area contributed by atoms with Crippen molar-refractivity contribution in [1.29, 1.82) is 0 Å². The van der Waals surface area contributed by atoms with Crippen LogP contribution in [0.4, 0.5) is 0 Å². The highest BCUT2D eigenvalue weighted by molar-refractivity contribution is 7.89. The Bertz CT molecular complexity index is 562. The zero-order valence-electron chi connectivity index (χ0n) is 12.7. The fourth-order valence-corrected chi connectivity index (χ4v) is 4.01. The van der Waals surface area contributed by atoms with E-state index in [1.807, 2.05) is 18.4 Å². The summed E-state index contributed by atoms with van der Waals surface area (Å²) in [7, 11) is -3.53. The van der Waals surface area contributed by atoms with Crippen LogP contribution in [0.1, 0.15) is 38.8 Å². The first-order valence-corrected chi connectivity index (χ1v) is 8.99. The third-order valence-corrected chi connectivity index (χ3v) is 5.33. The third-order valence-electron chi connectivity index (χ3n) is 3.81. The van der Waals surface area contributed by atoms with Gasteiger partial charge in [-0.2, -0.15) is 0 Å². The van der Waals surface area contributed by atoms with E-state index in [1.54, 1.807) is 12.3 Å². The number of hydrogen-bond acceptors (Lipinski definition) is 4. The maximum Gasteiger partial charge on any atom is 0.242 e. The quantitative estimate of drug-likeness (QED) is 0.791. The molecule has 2 atom stereocenters. The second-order valence-corrected chi connectivity index (χ2v) is 7.24. The lowest BCUT2D eigenvalue weighted by Crippen LogP contribution is -2.40. The lowest BCUT2D eigenvalue weighted by Gasteiger charge is -2.19. The van der Waals surface area contributed by atoms with Crippen molar-refractivity contribution < 1.29 is 13.2 Å². The Morgan fingerprint density at radius 2 is 2.33 bits per heavy atom. The molecule has 1 aliphatic rings. The van der Waals surface area contributed by atoms with Crippen LogP contribution in [-0.4, -0.2) is 31.7 Å². The highest BCUT2D eigenvalue weighted by atomic mass is 32.2. The molecule has 0 spiro atoms. The van der Waals surface area contributed by atoms with E-state index in [4.69, 9.17) is 10.5 Å². The van der Waals surface area contributed by atoms with E-state index >= 15 is 0 Å². The van der Waals surface area contributed by atoms with Crippen molar-refractivity contribution in [3.05, 3.63) is 18.0 Å². The lowest BCUT2D eigenvalue weighted by molar-refractivity contribution is 0.0902. The topological polar surface area (TPSA) is 86.3 Å². The molecule has 7 heteroatoms. The molecule has 0 bridgehead atoms. The van der Waals surface area contributed by atoms with E-state index in [0.29, 0.717) is 13.2 Å². The molecule has 2 heterocycles. The smallest absolute Gasteiger partial charge is 0.242 e. The predicted octanol–water partition coefficient (Wildman–Crippen LogP) is 1.20. The molecule has 1 saturated heterocycles. The number of ether oxygens (including phenoxy) is 1. The summed E-state index contributed by atoms with van der Waals surface area (Å²) in [5.74, 6) is 0. The maximum absolute atomic E-state index is 12.5. The second kappa shape index (κ2) is 6.91. The van der Waals surface area contributed by atoms with E-state index in [-0.39, 0.29) is 17.0 Å². The fraction of sp³-hybridized carbons (Fsp3) is 0.714. The molecule has 120 valence electrons. The van der Waals surface area contributed by atoms with Crippen molar-refractivity contribution in [2.75, 3.05) is 6.61 Å². The van der Waals surface area contributed by atoms with Crippen LogP contribution in [0.25, 0.3) is 0 Å². The van der Waals surface area contributed by atoms with Gasteiger partial charge in [-0.1, -0.05) is 6.92 Å². The molecule has 3 N–H and O–H groups in total. The normalized spacial score (nSPS) is 20.8. The van der Waals surface area contributed by atoms with Crippen molar-refractivity contribution in [1.82, 2.24) is 9.29 Å². The van der Waals surface area contributed by atoms with Gasteiger partial charge in [0.15, 0.2) is 0 Å². The van der Waals surface area contributed by atoms with Crippen LogP contribution in [0.15, 0.2) is 17.2 Å². The van der Waals surface area contributed by atoms with Gasteiger partial charge in [-0.25, -0.2) is 13.1 Å². The van der Waals surface area contributed by atoms with Crippen LogP contribution in [-0.2, 0) is 27.8 Å². The van der Waals surface area contributed by atoms with E-state index in [2.05, 4.69) is 4.72 Å². The van der Waals surface area contributed by atoms with Crippen LogP contribution < -0.4 is 10.5 Å². The Balaban J connectivity index is 2.14. The lowest BCUT2D eigenvalue weighted by atomic mass is 10.1. The van der Waals surface area contributed by atoms with Gasteiger partial charge < -0.3 is 15.0 Å². The second-order valence-electron chi connectivity index (χ2n) is 5.53. The molecule has 0 amide bonds. The Kier molecular flexibility index (Phi) is 5.43. The third kappa shape index (κ3) is 3.85. The van der Waals surface area contributed by atoms with Gasteiger partial charge in [0.05, 0.1) is 11.0 Å². The van der Waals surface area contributed by atoms with Gasteiger partial charge in [-0.05, 0) is 32.3 Å². The Labute approximate surface area is 126 Å². The van der Waals surface area contributed by atoms with Gasteiger partial charge >= 0.3 is 0 Å². The van der Waals surface area contributed by atoms with Gasteiger partial charge in [0, 0.05) is 37.6 Å². The molecule has 21 heavy (non-hydrogen) atoms. The van der Waals surface area contributed by atoms with E-state index in [0.717, 1.165) is 31.5 Å². The van der Waals surface area contributed by atoms with Crippen LogP contribution in [0.3, 0.4) is 0 Å². The first kappa shape index (κ1) is 16.5. The molecule has 0 saturated carbocycles. The minimum atomic E-state index is -3.53. The minimum Gasteiger partial charge on any atom is -0.377 e. The standard InChI is InChI=1S/C14H25N3O3S/c1-3-6-17-10-13(8-12(17)9-15)21(18,19)16-11(2)14-5-4-7-20-14/h8,10-11,14,16H,3-7,9,15H2,1-2H3. The summed E-state index contributed by atoms with van der Waals surface area (Å²) in [4.78, 5) is 0.279. The minimum absolute atomic E-state index is 0.0357. The van der Waals surface area contributed by atoms with Gasteiger partial charge in [-0.3, -0.25) is 0 Å². The molecule has 1 aliphatic heterocycles. The summed E-state index contributed by atoms with van der Waals surface area (Å²) in [6.45, 7) is 5.70. The number of sulfonamides is 1. The number of aryl methyl sites for hydroxylation is 1. The summed E-state index contributed by atoms with van der Waals surface area (Å²) in [5, 5.41) is 0. The summed E-state index contributed by atoms with van der Waals surface area (Å²) in [5.41, 5.74) is 6.52. The average Bonchev–Trinajstić information content (AvgIpc) is 3.08. The predicted molar refractivity (Wildman–Crippen MR) is 81.4 cm³/mol. The van der Waals surface area contributed by atoms with E-state index in [9.17, 15) is 8.42 Å². The van der Waals surface area contributed by atoms with Gasteiger partial charge in [0.25, 0.3) is 0 Å². The average molecular weight is 315 g/mol. The Morgan fingerprint density at radius 3 is 2.90 bits per heavy atom. The largest absolute Gasteiger partial charge is 0.377 e. The molecule has 1 fully saturated rings. The van der Waals surface area contributed by atoms with Crippen LogP contribution in [0.5, 0.6) is 0 Å². The molecular weight excluding hydrogens is 290 g/mol. The first-order valence-electron chi connectivity index (χ1n) is 7.51. The van der Waals surface area contributed by atoms with Gasteiger partial charge in [-0.15, -0.1) is 0 Å². The van der Waals surface area contributed by atoms with Crippen molar-refractivity contribution >= 4 is 10.0 Å². The zero-order valence-corrected chi connectivity index (χ0v) is 13.5. The highest BCUT2D eigenvalue weighted by Gasteiger charge is 2.27. The summed E-state index contributed by atoms with van der Waals surface area (Å²) in [6.07, 6.45) is 4.44. The summed E-state index contributed by atoms with van der Waals surface area (Å²) >= 11 is 0. The van der Waals surface area contributed by atoms with Gasteiger partial charge in [0.2, 0.25) is 10.0 Å². The van der Waals surface area contributed by atoms with Gasteiger partial charge in [0.1, 0.15) is 0 Å². The van der Waals surface area contributed by atoms with Crippen molar-refractivity contribution in [2.45, 2.75) is 63.2 Å². The molecule has 0 aliphatic carbocycles. The monoisotopic (exact) mass is 315 g/mol. The molecule has 1 aromatic rings. The molecule has 2 rings (SSSR count). The molecule has 2 unspecified atom stereocenters. The van der Waals surface area contributed by atoms with E-state index in [1.165, 1.54) is 0 Å². The summed E-state index contributed by atoms with van der Waals surface area (Å²) < 4.78 is 35.1. The number of aromatic nitrogens is 1. The number of nitrogens with two attached hydrogens (primary N) is 1. The van der Waals surface area contributed by atoms with E-state index < -0.39 is 10.0 Å². The molecule has 0 radical (unpaired) electrons. The number of rotatable bonds is 7. The van der Waals surface area contributed by atoms with Crippen molar-refractivity contribution in [3.63, 3.8) is 0 Å². The van der Waals surface area contributed by atoms with Crippen LogP contribution >= 0.6 is 0 Å². The highest BCUT2D eigenvalue weighted by Crippen LogP contribution is 2.19. The SMILES string of the molecule is CCCn1cc(S(=O)(=O)NC(C)C2CCCO2)cc1CN. The number of nitrogens with one attached hydrogen (secondary N) is 1. The molecular formula is C14H25N3O3S. The summed E-state index contributed by atoms with van der Waals surface area (Å²) in [6, 6.07) is 1.42. The number of nitrogens with zero attached hydrogens (tertiary/aromatic N) is 1. The maximum atomic E-state index is 12.5. The zero-order chi connectivity index (χ0) is 15.5. The molecule has 0 aromatic carbocycles. The first-order chi connectivity index (χ1) is 9.97. The van der Waals surface area contributed by atoms with Crippen LogP contribution in [0, 0.1) is 0 Å².